The second kappa shape index (κ2) is 24.2. The zero-order chi connectivity index (χ0) is 46.5. The van der Waals surface area contributed by atoms with Gasteiger partial charge in [0, 0.05) is 32.7 Å². The molecule has 5 aliphatic rings. The second-order valence-corrected chi connectivity index (χ2v) is 16.3. The van der Waals surface area contributed by atoms with E-state index in [1.807, 2.05) is 0 Å². The van der Waals surface area contributed by atoms with Crippen molar-refractivity contribution in [3.8, 4) is 0 Å². The van der Waals surface area contributed by atoms with Crippen LogP contribution in [0.5, 0.6) is 0 Å². The molecule has 25 atom stereocenters. The SMILES string of the molecule is COC1OC(CO)C(O)C(OC2OC(COC3OC(CO)C(OC)C(O)C3O)C(OC3OC(CO)C(O)C(OC4(OC=O)CC(O)C(C)C(C(O)CCO)O4)C3O)C(O)C2C)C1O.O. The zero-order valence-electron chi connectivity index (χ0n) is 35.5. The lowest BCUT2D eigenvalue weighted by atomic mass is 9.87. The van der Waals surface area contributed by atoms with Crippen LogP contribution in [0.15, 0.2) is 0 Å². The maximum Gasteiger partial charge on any atom is 0.332 e. The molecule has 0 amide bonds. The lowest BCUT2D eigenvalue weighted by Gasteiger charge is -2.51. The first-order chi connectivity index (χ1) is 29.9. The normalized spacial score (nSPS) is 48.2. The summed E-state index contributed by atoms with van der Waals surface area (Å²) in [6.07, 6.45) is -36.0. The molecule has 0 radical (unpaired) electrons. The highest BCUT2D eigenvalue weighted by molar-refractivity contribution is 5.37. The average molecular weight is 943 g/mol. The first-order valence-electron chi connectivity index (χ1n) is 20.6. The van der Waals surface area contributed by atoms with Crippen LogP contribution in [0.4, 0.5) is 0 Å². The first kappa shape index (κ1) is 55.1. The molecule has 0 bridgehead atoms. The molecule has 15 N–H and O–H groups in total. The summed E-state index contributed by atoms with van der Waals surface area (Å²) in [6.45, 7) is -0.678. The van der Waals surface area contributed by atoms with Crippen molar-refractivity contribution in [1.82, 2.24) is 0 Å². The van der Waals surface area contributed by atoms with Gasteiger partial charge in [-0.1, -0.05) is 13.8 Å². The number of carbonyl (C=O) groups is 1. The Morgan fingerprint density at radius 1 is 0.625 bits per heavy atom. The minimum atomic E-state index is -2.58. The Labute approximate surface area is 366 Å². The number of aliphatic hydroxyl groups excluding tert-OH is 13. The van der Waals surface area contributed by atoms with Gasteiger partial charge in [0.05, 0.1) is 57.3 Å². The van der Waals surface area contributed by atoms with Gasteiger partial charge >= 0.3 is 5.97 Å². The van der Waals surface area contributed by atoms with Gasteiger partial charge < -0.3 is 129 Å². The monoisotopic (exact) mass is 942 g/mol. The zero-order valence-corrected chi connectivity index (χ0v) is 35.5. The quantitative estimate of drug-likeness (QED) is 0.0422. The maximum atomic E-state index is 11.9. The van der Waals surface area contributed by atoms with E-state index in [0.717, 1.165) is 0 Å². The lowest BCUT2D eigenvalue weighted by molar-refractivity contribution is -0.447. The van der Waals surface area contributed by atoms with E-state index in [-0.39, 0.29) is 18.4 Å². The second-order valence-electron chi connectivity index (χ2n) is 16.3. The van der Waals surface area contributed by atoms with Crippen LogP contribution in [-0.2, 0) is 61.6 Å². The Morgan fingerprint density at radius 2 is 1.19 bits per heavy atom. The van der Waals surface area contributed by atoms with E-state index in [1.165, 1.54) is 28.1 Å². The number of methoxy groups -OCH3 is 2. The van der Waals surface area contributed by atoms with Crippen molar-refractivity contribution in [3.05, 3.63) is 0 Å². The molecule has 5 saturated heterocycles. The van der Waals surface area contributed by atoms with Gasteiger partial charge in [-0.3, -0.25) is 4.79 Å². The summed E-state index contributed by atoms with van der Waals surface area (Å²) in [5.41, 5.74) is 0. The molecule has 376 valence electrons. The molecule has 0 spiro atoms. The Morgan fingerprint density at radius 3 is 1.77 bits per heavy atom. The van der Waals surface area contributed by atoms with Crippen LogP contribution in [0.3, 0.4) is 0 Å². The molecule has 0 aromatic carbocycles. The average Bonchev–Trinajstić information content (AvgIpc) is 3.26. The number of hydrogen-bond acceptors (Lipinski definition) is 26. The molecule has 0 saturated carbocycles. The highest BCUT2D eigenvalue weighted by Gasteiger charge is 2.58. The molecule has 27 nitrogen and oxygen atoms in total. The Balaban J connectivity index is 0.00000898. The third-order valence-electron chi connectivity index (χ3n) is 12.2. The molecule has 5 heterocycles. The summed E-state index contributed by atoms with van der Waals surface area (Å²) < 4.78 is 68.2. The third kappa shape index (κ3) is 11.7. The predicted octanol–water partition coefficient (Wildman–Crippen LogP) is -8.61. The van der Waals surface area contributed by atoms with E-state index in [9.17, 15) is 71.2 Å². The summed E-state index contributed by atoms with van der Waals surface area (Å²) >= 11 is 0. The number of rotatable bonds is 19. The van der Waals surface area contributed by atoms with Crippen molar-refractivity contribution in [1.29, 1.82) is 0 Å². The summed E-state index contributed by atoms with van der Waals surface area (Å²) in [5, 5.41) is 140. The van der Waals surface area contributed by atoms with Crippen LogP contribution in [0, 0.1) is 11.8 Å². The van der Waals surface area contributed by atoms with Gasteiger partial charge in [0.2, 0.25) is 0 Å². The van der Waals surface area contributed by atoms with E-state index < -0.39 is 192 Å². The van der Waals surface area contributed by atoms with Gasteiger partial charge in [-0.05, 0) is 6.42 Å². The number of aliphatic hydroxyl groups is 13. The van der Waals surface area contributed by atoms with Gasteiger partial charge in [0.25, 0.3) is 6.47 Å². The summed E-state index contributed by atoms with van der Waals surface area (Å²) in [7, 11) is 2.42. The fraction of sp³-hybridized carbons (Fsp3) is 0.973. The van der Waals surface area contributed by atoms with Crippen molar-refractivity contribution in [2.24, 2.45) is 11.8 Å². The van der Waals surface area contributed by atoms with E-state index in [2.05, 4.69) is 0 Å². The summed E-state index contributed by atoms with van der Waals surface area (Å²) in [4.78, 5) is 11.8. The standard InChI is InChI=1S/C37H64O26.H2O/c1-13-16(44)7-37(55-12-42,62-28(13)15(43)5-6-38)63-32-23(47)18(9-40)57-36(27(32)51)60-30-20(11-54-35-25(49)24(48)29(52-3)19(10-41)58-35)59-33(14(2)21(30)45)61-31-22(46)17(8-39)56-34(53-4)26(31)50;/h12-36,38-41,43-51H,5-11H2,1-4H3;1H2. The minimum Gasteiger partial charge on any atom is -0.412 e. The van der Waals surface area contributed by atoms with Crippen LogP contribution < -0.4 is 0 Å². The molecular weight excluding hydrogens is 876 g/mol. The van der Waals surface area contributed by atoms with E-state index in [4.69, 9.17) is 56.8 Å². The molecule has 27 heteroatoms. The smallest absolute Gasteiger partial charge is 0.332 e. The van der Waals surface area contributed by atoms with Crippen LogP contribution in [0.25, 0.3) is 0 Å². The lowest BCUT2D eigenvalue weighted by Crippen LogP contribution is -2.67. The molecule has 5 fully saturated rings. The Kier molecular flexibility index (Phi) is 20.8. The van der Waals surface area contributed by atoms with Crippen molar-refractivity contribution in [3.63, 3.8) is 0 Å². The first-order valence-corrected chi connectivity index (χ1v) is 20.6. The predicted molar refractivity (Wildman–Crippen MR) is 201 cm³/mol. The Bertz CT molecular complexity index is 1370. The molecule has 0 aliphatic carbocycles. The fourth-order valence-corrected chi connectivity index (χ4v) is 8.42. The van der Waals surface area contributed by atoms with E-state index in [1.54, 1.807) is 0 Å². The van der Waals surface area contributed by atoms with Crippen molar-refractivity contribution < 1.29 is 133 Å². The van der Waals surface area contributed by atoms with Crippen molar-refractivity contribution in [2.75, 3.05) is 47.3 Å². The topological polar surface area (TPSA) is 422 Å². The molecule has 0 aromatic rings. The fourth-order valence-electron chi connectivity index (χ4n) is 8.42. The molecular formula is C37H66O27. The van der Waals surface area contributed by atoms with Crippen molar-refractivity contribution in [2.45, 2.75) is 168 Å². The van der Waals surface area contributed by atoms with Crippen LogP contribution in [0.1, 0.15) is 26.7 Å². The summed E-state index contributed by atoms with van der Waals surface area (Å²) in [6, 6.07) is 0. The van der Waals surface area contributed by atoms with Gasteiger partial charge in [-0.25, -0.2) is 0 Å². The summed E-state index contributed by atoms with van der Waals surface area (Å²) in [5.74, 6) is -4.54. The highest BCUT2D eigenvalue weighted by Crippen LogP contribution is 2.41. The van der Waals surface area contributed by atoms with Crippen LogP contribution >= 0.6 is 0 Å². The molecule has 64 heavy (non-hydrogen) atoms. The Hall–Kier alpha value is -1.53. The van der Waals surface area contributed by atoms with Gasteiger partial charge in [0.15, 0.2) is 25.2 Å². The van der Waals surface area contributed by atoms with E-state index in [0.29, 0.717) is 0 Å². The third-order valence-corrected chi connectivity index (χ3v) is 12.2. The van der Waals surface area contributed by atoms with Crippen LogP contribution in [-0.4, -0.2) is 267 Å². The number of ether oxygens (including phenoxy) is 12. The van der Waals surface area contributed by atoms with Gasteiger partial charge in [-0.2, -0.15) is 0 Å². The molecule has 5 aliphatic heterocycles. The molecule has 25 unspecified atom stereocenters. The number of carbonyl (C=O) groups excluding carboxylic acids is 1. The van der Waals surface area contributed by atoms with Crippen LogP contribution in [0.2, 0.25) is 0 Å². The molecule has 5 rings (SSSR count). The number of hydrogen-bond donors (Lipinski definition) is 13. The van der Waals surface area contributed by atoms with E-state index >= 15 is 0 Å². The van der Waals surface area contributed by atoms with Crippen molar-refractivity contribution >= 4 is 6.47 Å². The molecule has 0 aromatic heterocycles. The van der Waals surface area contributed by atoms with Gasteiger partial charge in [-0.15, -0.1) is 0 Å². The van der Waals surface area contributed by atoms with Gasteiger partial charge in [0.1, 0.15) is 85.5 Å². The maximum absolute atomic E-state index is 11.9. The highest BCUT2D eigenvalue weighted by atomic mass is 16.9. The largest absolute Gasteiger partial charge is 0.412 e. The minimum absolute atomic E-state index is 0.